The van der Waals surface area contributed by atoms with Gasteiger partial charge in [0, 0.05) is 0 Å². The Morgan fingerprint density at radius 2 is 2.07 bits per heavy atom. The number of alkyl halides is 3. The summed E-state index contributed by atoms with van der Waals surface area (Å²) in [6.07, 6.45) is -3.12. The van der Waals surface area contributed by atoms with E-state index in [9.17, 15) is 21.6 Å². The smallest absolute Gasteiger partial charge is 0.374 e. The number of ether oxygens (including phenoxy) is 1. The first kappa shape index (κ1) is 14.4. The summed E-state index contributed by atoms with van der Waals surface area (Å²) >= 11 is 0. The Bertz CT molecular complexity index is 325. The number of hydrogen-bond acceptors (Lipinski definition) is 3. The van der Waals surface area contributed by atoms with Crippen molar-refractivity contribution in [2.45, 2.75) is 18.3 Å². The molecule has 0 fully saturated rings. The zero-order chi connectivity index (χ0) is 12.3. The normalized spacial score (nSPS) is 15.0. The third kappa shape index (κ3) is 4.18. The minimum Gasteiger partial charge on any atom is -0.374 e. The van der Waals surface area contributed by atoms with Gasteiger partial charge in [-0.25, -0.2) is 4.39 Å². The first-order valence-corrected chi connectivity index (χ1v) is 5.24. The molecule has 0 spiro atoms. The van der Waals surface area contributed by atoms with Crippen LogP contribution in [0.4, 0.5) is 13.2 Å². The Kier molecular flexibility index (Phi) is 4.75. The summed E-state index contributed by atoms with van der Waals surface area (Å²) in [5.74, 6) is 0. The van der Waals surface area contributed by atoms with Gasteiger partial charge in [0.05, 0.1) is 13.2 Å². The highest BCUT2D eigenvalue weighted by molar-refractivity contribution is 7.86. The molecule has 0 aromatic rings. The fourth-order valence-electron chi connectivity index (χ4n) is 0.595. The van der Waals surface area contributed by atoms with Gasteiger partial charge in [-0.3, -0.25) is 4.55 Å². The molecule has 0 saturated carbocycles. The van der Waals surface area contributed by atoms with Crippen LogP contribution in [0.5, 0.6) is 0 Å². The van der Waals surface area contributed by atoms with Crippen LogP contribution in [0.15, 0.2) is 12.2 Å². The summed E-state index contributed by atoms with van der Waals surface area (Å²) < 4.78 is 70.4. The van der Waals surface area contributed by atoms with E-state index in [1.54, 1.807) is 0 Å². The van der Waals surface area contributed by atoms with Crippen LogP contribution in [0.3, 0.4) is 0 Å². The first-order chi connectivity index (χ1) is 6.59. The Labute approximate surface area is 85.5 Å². The van der Waals surface area contributed by atoms with E-state index in [2.05, 4.69) is 11.3 Å². The second-order valence-corrected chi connectivity index (χ2v) is 4.47. The van der Waals surface area contributed by atoms with Crippen LogP contribution < -0.4 is 0 Å². The molecule has 1 atom stereocenters. The third-order valence-corrected chi connectivity index (χ3v) is 2.26. The van der Waals surface area contributed by atoms with Crippen LogP contribution in [0.1, 0.15) is 6.92 Å². The summed E-state index contributed by atoms with van der Waals surface area (Å²) in [5.41, 5.74) is 0.470. The fraction of sp³-hybridized carbons (Fsp3) is 0.714. The molecule has 0 saturated heterocycles. The molecule has 90 valence electrons. The van der Waals surface area contributed by atoms with Gasteiger partial charge in [-0.05, 0) is 6.92 Å². The summed E-state index contributed by atoms with van der Waals surface area (Å²) in [7, 11) is -5.76. The summed E-state index contributed by atoms with van der Waals surface area (Å²) in [6.45, 7) is 3.58. The molecule has 0 aliphatic heterocycles. The van der Waals surface area contributed by atoms with Crippen molar-refractivity contribution in [2.24, 2.45) is 0 Å². The van der Waals surface area contributed by atoms with E-state index in [-0.39, 0.29) is 6.61 Å². The molecule has 0 aromatic heterocycles. The molecule has 1 unspecified atom stereocenters. The predicted octanol–water partition coefficient (Wildman–Crippen LogP) is 1.40. The van der Waals surface area contributed by atoms with Gasteiger partial charge in [-0.15, -0.1) is 0 Å². The van der Waals surface area contributed by atoms with Crippen LogP contribution in [-0.4, -0.2) is 37.6 Å². The van der Waals surface area contributed by atoms with Gasteiger partial charge in [0.25, 0.3) is 0 Å². The van der Waals surface area contributed by atoms with Crippen molar-refractivity contribution >= 4 is 10.1 Å². The molecule has 0 heterocycles. The molecule has 8 heteroatoms. The van der Waals surface area contributed by atoms with Crippen molar-refractivity contribution in [3.8, 4) is 0 Å². The van der Waals surface area contributed by atoms with Gasteiger partial charge in [0.2, 0.25) is 6.17 Å². The maximum Gasteiger partial charge on any atom is 0.402 e. The van der Waals surface area contributed by atoms with Gasteiger partial charge in [-0.2, -0.15) is 17.2 Å². The van der Waals surface area contributed by atoms with Crippen molar-refractivity contribution in [1.82, 2.24) is 0 Å². The molecule has 0 bridgehead atoms. The zero-order valence-electron chi connectivity index (χ0n) is 7.91. The summed E-state index contributed by atoms with van der Waals surface area (Å²) in [5, 5.41) is -4.86. The van der Waals surface area contributed by atoms with Crippen LogP contribution in [-0.2, 0) is 14.9 Å². The van der Waals surface area contributed by atoms with Crippen LogP contribution in [0.2, 0.25) is 0 Å². The van der Waals surface area contributed by atoms with Crippen LogP contribution in [0, 0.1) is 0 Å². The second-order valence-electron chi connectivity index (χ2n) is 2.98. The first-order valence-electron chi connectivity index (χ1n) is 3.80. The van der Waals surface area contributed by atoms with E-state index in [0.29, 0.717) is 5.57 Å². The molecular formula is C7H11F3O4S. The maximum atomic E-state index is 12.7. The number of halogens is 3. The summed E-state index contributed by atoms with van der Waals surface area (Å²) in [6, 6.07) is 0. The molecule has 15 heavy (non-hydrogen) atoms. The van der Waals surface area contributed by atoms with E-state index >= 15 is 0 Å². The average molecular weight is 248 g/mol. The van der Waals surface area contributed by atoms with Crippen LogP contribution in [0.25, 0.3) is 0 Å². The topological polar surface area (TPSA) is 63.6 Å². The van der Waals surface area contributed by atoms with E-state index in [1.807, 2.05) is 0 Å². The summed E-state index contributed by atoms with van der Waals surface area (Å²) in [4.78, 5) is 0. The quantitative estimate of drug-likeness (QED) is 0.570. The molecule has 1 N–H and O–H groups in total. The lowest BCUT2D eigenvalue weighted by Gasteiger charge is -2.17. The monoisotopic (exact) mass is 248 g/mol. The van der Waals surface area contributed by atoms with E-state index < -0.39 is 28.2 Å². The minimum absolute atomic E-state index is 0.165. The van der Waals surface area contributed by atoms with Crippen molar-refractivity contribution in [2.75, 3.05) is 13.2 Å². The van der Waals surface area contributed by atoms with Crippen molar-refractivity contribution in [3.05, 3.63) is 12.2 Å². The molecule has 4 nitrogen and oxygen atoms in total. The Morgan fingerprint density at radius 3 is 2.40 bits per heavy atom. The Hall–Kier alpha value is -0.600. The van der Waals surface area contributed by atoms with Gasteiger partial charge in [-0.1, -0.05) is 12.2 Å². The van der Waals surface area contributed by atoms with Crippen molar-refractivity contribution < 1.29 is 30.9 Å². The number of rotatable bonds is 6. The Morgan fingerprint density at radius 1 is 1.60 bits per heavy atom. The van der Waals surface area contributed by atoms with Gasteiger partial charge in [0.1, 0.15) is 0 Å². The van der Waals surface area contributed by atoms with Crippen molar-refractivity contribution in [1.29, 1.82) is 0 Å². The Balaban J connectivity index is 4.33. The SMILES string of the molecule is C=C(C)COCC(F)C(F)(F)S(=O)(=O)O. The third-order valence-electron chi connectivity index (χ3n) is 1.32. The minimum atomic E-state index is -5.76. The molecule has 0 aromatic carbocycles. The highest BCUT2D eigenvalue weighted by atomic mass is 32.2. The molecular weight excluding hydrogens is 237 g/mol. The number of hydrogen-bond donors (Lipinski definition) is 1. The predicted molar refractivity (Wildman–Crippen MR) is 47.0 cm³/mol. The lowest BCUT2D eigenvalue weighted by molar-refractivity contribution is -0.0416. The largest absolute Gasteiger partial charge is 0.402 e. The zero-order valence-corrected chi connectivity index (χ0v) is 8.73. The van der Waals surface area contributed by atoms with Gasteiger partial charge < -0.3 is 4.74 Å². The lowest BCUT2D eigenvalue weighted by atomic mass is 10.4. The molecule has 0 aliphatic carbocycles. The van der Waals surface area contributed by atoms with Crippen LogP contribution >= 0.6 is 0 Å². The second kappa shape index (κ2) is 4.95. The maximum absolute atomic E-state index is 12.7. The van der Waals surface area contributed by atoms with E-state index in [4.69, 9.17) is 4.55 Å². The average Bonchev–Trinajstić information content (AvgIpc) is 2.01. The fourth-order valence-corrected chi connectivity index (χ4v) is 0.986. The molecule has 0 rings (SSSR count). The van der Waals surface area contributed by atoms with Crippen molar-refractivity contribution in [3.63, 3.8) is 0 Å². The highest BCUT2D eigenvalue weighted by Crippen LogP contribution is 2.27. The molecule has 0 radical (unpaired) electrons. The highest BCUT2D eigenvalue weighted by Gasteiger charge is 2.52. The van der Waals surface area contributed by atoms with Gasteiger partial charge >= 0.3 is 15.4 Å². The van der Waals surface area contributed by atoms with Gasteiger partial charge in [0.15, 0.2) is 0 Å². The van der Waals surface area contributed by atoms with E-state index in [0.717, 1.165) is 0 Å². The molecule has 0 amide bonds. The standard InChI is InChI=1S/C7H11F3O4S/c1-5(2)3-14-4-6(8)7(9,10)15(11,12)13/h6H,1,3-4H2,2H3,(H,11,12,13). The van der Waals surface area contributed by atoms with E-state index in [1.165, 1.54) is 6.92 Å². The lowest BCUT2D eigenvalue weighted by Crippen LogP contribution is -2.41. The molecule has 0 aliphatic rings.